The number of aromatic nitrogens is 2. The lowest BCUT2D eigenvalue weighted by molar-refractivity contribution is -0.132. The van der Waals surface area contributed by atoms with E-state index in [1.165, 1.54) is 5.56 Å². The van der Waals surface area contributed by atoms with E-state index in [2.05, 4.69) is 21.8 Å². The Morgan fingerprint density at radius 3 is 2.68 bits per heavy atom. The summed E-state index contributed by atoms with van der Waals surface area (Å²) in [6.45, 7) is 5.06. The lowest BCUT2D eigenvalue weighted by Crippen LogP contribution is -2.54. The second-order valence-corrected chi connectivity index (χ2v) is 9.03. The zero-order valence-electron chi connectivity index (χ0n) is 15.8. The lowest BCUT2D eigenvalue weighted by atomic mass is 10.1. The van der Waals surface area contributed by atoms with Crippen molar-refractivity contribution in [2.75, 3.05) is 31.1 Å². The van der Waals surface area contributed by atoms with E-state index in [1.807, 2.05) is 40.9 Å². The van der Waals surface area contributed by atoms with Crippen LogP contribution in [-0.2, 0) is 17.0 Å². The molecule has 1 fully saturated rings. The summed E-state index contributed by atoms with van der Waals surface area (Å²) in [5.74, 6) is 1.98. The number of piperazine rings is 1. The molecule has 1 amide bonds. The molecular weight excluding hydrogens is 394 g/mol. The van der Waals surface area contributed by atoms with Crippen LogP contribution >= 0.6 is 23.4 Å². The van der Waals surface area contributed by atoms with Gasteiger partial charge in [0.25, 0.3) is 0 Å². The number of amides is 1. The van der Waals surface area contributed by atoms with Crippen molar-refractivity contribution in [3.8, 4) is 0 Å². The molecule has 148 valence electrons. The van der Waals surface area contributed by atoms with E-state index in [1.54, 1.807) is 6.33 Å². The standard InChI is InChI=1S/C20H24ClN5OS/c1-13-18-17(11-28-13)23-12-24-19(18)25-6-8-26(9-7-25)20(27)16(22)10-14-2-4-15(21)5-3-14/h2-5,12-13,16H,6-11,22H2,1H3/t13-,16+/m0/s1. The number of thioether (sulfide) groups is 1. The molecule has 8 heteroatoms. The summed E-state index contributed by atoms with van der Waals surface area (Å²) in [4.78, 5) is 25.9. The van der Waals surface area contributed by atoms with Crippen molar-refractivity contribution in [2.45, 2.75) is 30.4 Å². The van der Waals surface area contributed by atoms with Crippen molar-refractivity contribution in [2.24, 2.45) is 5.73 Å². The molecular formula is C20H24ClN5OS. The summed E-state index contributed by atoms with van der Waals surface area (Å²) >= 11 is 7.82. The smallest absolute Gasteiger partial charge is 0.239 e. The van der Waals surface area contributed by atoms with Crippen LogP contribution in [0.1, 0.15) is 29.0 Å². The van der Waals surface area contributed by atoms with Gasteiger partial charge in [0.1, 0.15) is 12.1 Å². The Kier molecular flexibility index (Phi) is 5.75. The Morgan fingerprint density at radius 1 is 1.25 bits per heavy atom. The molecule has 2 atom stereocenters. The van der Waals surface area contributed by atoms with Gasteiger partial charge in [0.05, 0.1) is 11.7 Å². The van der Waals surface area contributed by atoms with E-state index in [0.717, 1.165) is 35.9 Å². The maximum absolute atomic E-state index is 12.8. The fourth-order valence-electron chi connectivity index (χ4n) is 3.83. The highest BCUT2D eigenvalue weighted by Crippen LogP contribution is 2.44. The van der Waals surface area contributed by atoms with Gasteiger partial charge in [-0.1, -0.05) is 23.7 Å². The van der Waals surface area contributed by atoms with Crippen LogP contribution in [0.5, 0.6) is 0 Å². The maximum Gasteiger partial charge on any atom is 0.239 e. The van der Waals surface area contributed by atoms with E-state index in [-0.39, 0.29) is 5.91 Å². The van der Waals surface area contributed by atoms with Gasteiger partial charge in [-0.25, -0.2) is 9.97 Å². The number of benzene rings is 1. The Morgan fingerprint density at radius 2 is 1.96 bits per heavy atom. The van der Waals surface area contributed by atoms with Crippen molar-refractivity contribution in [3.63, 3.8) is 0 Å². The minimum Gasteiger partial charge on any atom is -0.353 e. The molecule has 2 aromatic rings. The fraction of sp³-hybridized carbons (Fsp3) is 0.450. The van der Waals surface area contributed by atoms with Crippen LogP contribution in [0, 0.1) is 0 Å². The molecule has 0 aliphatic carbocycles. The molecule has 2 aliphatic heterocycles. The number of nitrogens with two attached hydrogens (primary N) is 1. The highest BCUT2D eigenvalue weighted by atomic mass is 35.5. The summed E-state index contributed by atoms with van der Waals surface area (Å²) in [5.41, 5.74) is 9.62. The first kappa shape index (κ1) is 19.5. The first-order valence-corrected chi connectivity index (χ1v) is 10.9. The largest absolute Gasteiger partial charge is 0.353 e. The van der Waals surface area contributed by atoms with Crippen LogP contribution in [0.3, 0.4) is 0 Å². The summed E-state index contributed by atoms with van der Waals surface area (Å²) in [6, 6.07) is 6.95. The predicted octanol–water partition coefficient (Wildman–Crippen LogP) is 2.66. The third-order valence-electron chi connectivity index (χ3n) is 5.40. The normalized spacial score (nSPS) is 20.2. The molecule has 0 bridgehead atoms. The number of anilines is 1. The van der Waals surface area contributed by atoms with Gasteiger partial charge in [-0.05, 0) is 31.0 Å². The highest BCUT2D eigenvalue weighted by molar-refractivity contribution is 7.99. The van der Waals surface area contributed by atoms with Gasteiger partial charge in [0, 0.05) is 47.8 Å². The van der Waals surface area contributed by atoms with Crippen LogP contribution in [0.2, 0.25) is 5.02 Å². The van der Waals surface area contributed by atoms with E-state index in [0.29, 0.717) is 29.8 Å². The van der Waals surface area contributed by atoms with Crippen LogP contribution in [0.15, 0.2) is 30.6 Å². The summed E-state index contributed by atoms with van der Waals surface area (Å²) < 4.78 is 0. The van der Waals surface area contributed by atoms with Crippen molar-refractivity contribution >= 4 is 35.1 Å². The SMILES string of the molecule is C[C@@H]1SCc2ncnc(N3CCN(C(=O)[C@H](N)Cc4ccc(Cl)cc4)CC3)c21. The molecule has 0 saturated carbocycles. The molecule has 28 heavy (non-hydrogen) atoms. The molecule has 1 aromatic heterocycles. The molecule has 2 aliphatic rings. The summed E-state index contributed by atoms with van der Waals surface area (Å²) in [5, 5.41) is 1.10. The van der Waals surface area contributed by atoms with Gasteiger partial charge in [-0.3, -0.25) is 4.79 Å². The third-order valence-corrected chi connectivity index (χ3v) is 6.83. The zero-order chi connectivity index (χ0) is 19.7. The number of hydrogen-bond acceptors (Lipinski definition) is 6. The topological polar surface area (TPSA) is 75.4 Å². The van der Waals surface area contributed by atoms with Gasteiger partial charge < -0.3 is 15.5 Å². The number of carbonyl (C=O) groups excluding carboxylic acids is 1. The quantitative estimate of drug-likeness (QED) is 0.824. The predicted molar refractivity (Wildman–Crippen MR) is 114 cm³/mol. The van der Waals surface area contributed by atoms with Crippen molar-refractivity contribution in [1.29, 1.82) is 0 Å². The maximum atomic E-state index is 12.8. The van der Waals surface area contributed by atoms with Gasteiger partial charge in [-0.2, -0.15) is 0 Å². The molecule has 1 aromatic carbocycles. The lowest BCUT2D eigenvalue weighted by Gasteiger charge is -2.37. The molecule has 0 unspecified atom stereocenters. The first-order valence-electron chi connectivity index (χ1n) is 9.52. The molecule has 2 N–H and O–H groups in total. The molecule has 1 saturated heterocycles. The second-order valence-electron chi connectivity index (χ2n) is 7.26. The number of hydrogen-bond donors (Lipinski definition) is 1. The van der Waals surface area contributed by atoms with Crippen molar-refractivity contribution < 1.29 is 4.79 Å². The first-order chi connectivity index (χ1) is 13.5. The van der Waals surface area contributed by atoms with Crippen molar-refractivity contribution in [1.82, 2.24) is 14.9 Å². The van der Waals surface area contributed by atoms with E-state index < -0.39 is 6.04 Å². The number of nitrogens with zero attached hydrogens (tertiary/aromatic N) is 4. The van der Waals surface area contributed by atoms with Crippen LogP contribution in [0.4, 0.5) is 5.82 Å². The van der Waals surface area contributed by atoms with E-state index in [9.17, 15) is 4.79 Å². The average molecular weight is 418 g/mol. The number of fused-ring (bicyclic) bond motifs is 1. The monoisotopic (exact) mass is 417 g/mol. The summed E-state index contributed by atoms with van der Waals surface area (Å²) in [6.07, 6.45) is 2.18. The Bertz CT molecular complexity index is 854. The average Bonchev–Trinajstić information content (AvgIpc) is 3.10. The van der Waals surface area contributed by atoms with Crippen LogP contribution < -0.4 is 10.6 Å². The second kappa shape index (κ2) is 8.27. The molecule has 0 spiro atoms. The number of rotatable bonds is 4. The Labute approximate surface area is 174 Å². The number of carbonyl (C=O) groups is 1. The molecule has 0 radical (unpaired) electrons. The van der Waals surface area contributed by atoms with E-state index in [4.69, 9.17) is 17.3 Å². The van der Waals surface area contributed by atoms with Gasteiger partial charge in [-0.15, -0.1) is 11.8 Å². The Hall–Kier alpha value is -1.83. The molecule has 4 rings (SSSR count). The van der Waals surface area contributed by atoms with Crippen LogP contribution in [0.25, 0.3) is 0 Å². The minimum atomic E-state index is -0.535. The fourth-order valence-corrected chi connectivity index (χ4v) is 5.00. The van der Waals surface area contributed by atoms with Gasteiger partial charge >= 0.3 is 0 Å². The van der Waals surface area contributed by atoms with Gasteiger partial charge in [0.2, 0.25) is 5.91 Å². The third kappa shape index (κ3) is 3.97. The zero-order valence-corrected chi connectivity index (χ0v) is 17.4. The highest BCUT2D eigenvalue weighted by Gasteiger charge is 2.30. The molecule has 3 heterocycles. The van der Waals surface area contributed by atoms with Crippen molar-refractivity contribution in [3.05, 3.63) is 52.4 Å². The van der Waals surface area contributed by atoms with E-state index >= 15 is 0 Å². The van der Waals surface area contributed by atoms with Crippen LogP contribution in [-0.4, -0.2) is 53.0 Å². The Balaban J connectivity index is 1.37. The molecule has 6 nitrogen and oxygen atoms in total. The minimum absolute atomic E-state index is 0.00596. The summed E-state index contributed by atoms with van der Waals surface area (Å²) in [7, 11) is 0. The van der Waals surface area contributed by atoms with Gasteiger partial charge in [0.15, 0.2) is 0 Å². The number of halogens is 1.